The van der Waals surface area contributed by atoms with Crippen LogP contribution in [0.2, 0.25) is 0 Å². The summed E-state index contributed by atoms with van der Waals surface area (Å²) in [6.45, 7) is 2.72. The monoisotopic (exact) mass is 347 g/mol. The Bertz CT molecular complexity index is 941. The molecule has 0 spiro atoms. The quantitative estimate of drug-likeness (QED) is 0.787. The van der Waals surface area contributed by atoms with E-state index in [4.69, 9.17) is 0 Å². The van der Waals surface area contributed by atoms with Crippen LogP contribution in [0, 0.1) is 17.8 Å². The number of anilines is 1. The number of carbonyl (C=O) groups is 1. The number of nitrogens with zero attached hydrogens (tertiary/aromatic N) is 4. The van der Waals surface area contributed by atoms with Crippen molar-refractivity contribution < 1.29 is 4.79 Å². The molecule has 1 aromatic carbocycles. The van der Waals surface area contributed by atoms with E-state index >= 15 is 0 Å². The number of fused-ring (bicyclic) bond motifs is 2. The predicted octanol–water partition coefficient (Wildman–Crippen LogP) is 2.41. The Hall–Kier alpha value is -2.89. The molecular weight excluding hydrogens is 326 g/mol. The first-order chi connectivity index (χ1) is 12.7. The van der Waals surface area contributed by atoms with E-state index < -0.39 is 0 Å². The van der Waals surface area contributed by atoms with Crippen molar-refractivity contribution in [1.82, 2.24) is 19.9 Å². The number of aromatic amines is 1. The van der Waals surface area contributed by atoms with E-state index in [-0.39, 0.29) is 5.91 Å². The van der Waals surface area contributed by atoms with Gasteiger partial charge in [-0.1, -0.05) is 18.2 Å². The molecule has 1 saturated heterocycles. The van der Waals surface area contributed by atoms with Gasteiger partial charge in [0.05, 0.1) is 5.39 Å². The highest BCUT2D eigenvalue weighted by Gasteiger charge is 2.56. The maximum Gasteiger partial charge on any atom is 0.253 e. The first-order valence-corrected chi connectivity index (χ1v) is 9.06. The Balaban J connectivity index is 1.23. The third-order valence-corrected chi connectivity index (χ3v) is 5.86. The lowest BCUT2D eigenvalue weighted by molar-refractivity contribution is 0.0768. The molecule has 3 atom stereocenters. The summed E-state index contributed by atoms with van der Waals surface area (Å²) in [6.07, 6.45) is 3.51. The van der Waals surface area contributed by atoms with Gasteiger partial charge in [0, 0.05) is 38.4 Å². The fourth-order valence-corrected chi connectivity index (χ4v) is 4.41. The molecular formula is C20H21N5O. The number of H-pyrrole nitrogens is 1. The van der Waals surface area contributed by atoms with Gasteiger partial charge in [-0.25, -0.2) is 9.97 Å². The fraction of sp³-hybridized carbons (Fsp3) is 0.350. The molecule has 6 heteroatoms. The molecule has 1 amide bonds. The molecule has 0 bridgehead atoms. The van der Waals surface area contributed by atoms with E-state index in [0.29, 0.717) is 17.8 Å². The number of hydrogen-bond acceptors (Lipinski definition) is 4. The fourth-order valence-electron chi connectivity index (χ4n) is 4.41. The second-order valence-electron chi connectivity index (χ2n) is 7.39. The molecule has 26 heavy (non-hydrogen) atoms. The zero-order chi connectivity index (χ0) is 17.7. The molecule has 2 unspecified atom stereocenters. The zero-order valence-electron chi connectivity index (χ0n) is 14.7. The summed E-state index contributed by atoms with van der Waals surface area (Å²) in [4.78, 5) is 28.7. The van der Waals surface area contributed by atoms with Gasteiger partial charge in [0.25, 0.3) is 5.91 Å². The molecule has 1 aliphatic carbocycles. The van der Waals surface area contributed by atoms with Gasteiger partial charge in [-0.15, -0.1) is 0 Å². The van der Waals surface area contributed by atoms with E-state index in [9.17, 15) is 4.79 Å². The minimum atomic E-state index is 0.162. The number of benzene rings is 1. The molecule has 2 fully saturated rings. The molecule has 3 heterocycles. The molecule has 1 N–H and O–H groups in total. The SMILES string of the molecule is CN(CC1C2CN(C(=O)c3ccccc3)C[C@H]21)c1ncnc2[nH]ccc12. The van der Waals surface area contributed by atoms with Gasteiger partial charge in [-0.2, -0.15) is 0 Å². The average Bonchev–Trinajstić information content (AvgIpc) is 3.08. The van der Waals surface area contributed by atoms with Crippen molar-refractivity contribution in [3.63, 3.8) is 0 Å². The van der Waals surface area contributed by atoms with Crippen molar-refractivity contribution in [1.29, 1.82) is 0 Å². The van der Waals surface area contributed by atoms with Crippen molar-refractivity contribution in [2.45, 2.75) is 0 Å². The minimum absolute atomic E-state index is 0.162. The van der Waals surface area contributed by atoms with E-state index in [1.165, 1.54) is 0 Å². The number of rotatable bonds is 4. The van der Waals surface area contributed by atoms with Crippen molar-refractivity contribution in [3.8, 4) is 0 Å². The average molecular weight is 347 g/mol. The third kappa shape index (κ3) is 2.44. The largest absolute Gasteiger partial charge is 0.359 e. The number of likely N-dealkylation sites (tertiary alicyclic amines) is 1. The van der Waals surface area contributed by atoms with E-state index in [0.717, 1.165) is 42.0 Å². The molecule has 132 valence electrons. The molecule has 2 aromatic heterocycles. The lowest BCUT2D eigenvalue weighted by Gasteiger charge is -2.23. The van der Waals surface area contributed by atoms with Crippen LogP contribution in [0.1, 0.15) is 10.4 Å². The zero-order valence-corrected chi connectivity index (χ0v) is 14.7. The standard InChI is InChI=1S/C20H21N5O/c1-24(19-14-7-8-21-18(14)22-12-23-19)9-15-16-10-25(11-17(15)16)20(26)13-5-3-2-4-6-13/h2-8,12,15-17H,9-11H2,1H3,(H,21,22,23)/t15?,16-,17?/m0/s1. The van der Waals surface area contributed by atoms with Crippen molar-refractivity contribution in [3.05, 3.63) is 54.5 Å². The van der Waals surface area contributed by atoms with Crippen LogP contribution < -0.4 is 4.90 Å². The lowest BCUT2D eigenvalue weighted by Crippen LogP contribution is -2.33. The second-order valence-corrected chi connectivity index (χ2v) is 7.39. The number of nitrogens with one attached hydrogen (secondary N) is 1. The highest BCUT2D eigenvalue weighted by molar-refractivity contribution is 5.94. The highest BCUT2D eigenvalue weighted by Crippen LogP contribution is 2.52. The molecule has 5 rings (SSSR count). The third-order valence-electron chi connectivity index (χ3n) is 5.86. The predicted molar refractivity (Wildman–Crippen MR) is 100.0 cm³/mol. The number of hydrogen-bond donors (Lipinski definition) is 1. The van der Waals surface area contributed by atoms with Crippen LogP contribution in [0.3, 0.4) is 0 Å². The number of piperidine rings is 1. The van der Waals surface area contributed by atoms with Crippen LogP contribution >= 0.6 is 0 Å². The molecule has 1 saturated carbocycles. The van der Waals surface area contributed by atoms with Crippen molar-refractivity contribution in [2.75, 3.05) is 31.6 Å². The first-order valence-electron chi connectivity index (χ1n) is 9.06. The highest BCUT2D eigenvalue weighted by atomic mass is 16.2. The Morgan fingerprint density at radius 1 is 1.19 bits per heavy atom. The van der Waals surface area contributed by atoms with Crippen LogP contribution in [0.15, 0.2) is 48.9 Å². The lowest BCUT2D eigenvalue weighted by atomic mass is 10.2. The smallest absolute Gasteiger partial charge is 0.253 e. The van der Waals surface area contributed by atoms with Crippen LogP contribution in [0.25, 0.3) is 11.0 Å². The maximum atomic E-state index is 12.6. The van der Waals surface area contributed by atoms with Gasteiger partial charge in [-0.3, -0.25) is 4.79 Å². The summed E-state index contributed by atoms with van der Waals surface area (Å²) in [5.41, 5.74) is 1.66. The number of aromatic nitrogens is 3. The molecule has 6 nitrogen and oxygen atoms in total. The molecule has 0 radical (unpaired) electrons. The van der Waals surface area contributed by atoms with Gasteiger partial charge in [0.15, 0.2) is 0 Å². The second kappa shape index (κ2) is 5.83. The van der Waals surface area contributed by atoms with Gasteiger partial charge >= 0.3 is 0 Å². The summed E-state index contributed by atoms with van der Waals surface area (Å²) in [5, 5.41) is 1.06. The van der Waals surface area contributed by atoms with Crippen LogP contribution in [-0.4, -0.2) is 52.4 Å². The van der Waals surface area contributed by atoms with Gasteiger partial charge < -0.3 is 14.8 Å². The topological polar surface area (TPSA) is 65.1 Å². The number of amides is 1. The van der Waals surface area contributed by atoms with Gasteiger partial charge in [0.1, 0.15) is 17.8 Å². The summed E-state index contributed by atoms with van der Waals surface area (Å²) in [5.74, 6) is 3.01. The number of carbonyl (C=O) groups excluding carboxylic acids is 1. The van der Waals surface area contributed by atoms with Crippen LogP contribution in [-0.2, 0) is 0 Å². The Kier molecular flexibility index (Phi) is 3.45. The minimum Gasteiger partial charge on any atom is -0.359 e. The Labute approximate surface area is 151 Å². The van der Waals surface area contributed by atoms with E-state index in [1.807, 2.05) is 47.5 Å². The van der Waals surface area contributed by atoms with Crippen molar-refractivity contribution >= 4 is 22.8 Å². The van der Waals surface area contributed by atoms with Gasteiger partial charge in [0.2, 0.25) is 0 Å². The summed E-state index contributed by atoms with van der Waals surface area (Å²) in [7, 11) is 2.09. The molecule has 2 aliphatic rings. The van der Waals surface area contributed by atoms with E-state index in [2.05, 4.69) is 26.9 Å². The summed E-state index contributed by atoms with van der Waals surface area (Å²) < 4.78 is 0. The normalized spacial score (nSPS) is 23.9. The molecule has 1 aliphatic heterocycles. The van der Waals surface area contributed by atoms with Crippen LogP contribution in [0.5, 0.6) is 0 Å². The summed E-state index contributed by atoms with van der Waals surface area (Å²) >= 11 is 0. The van der Waals surface area contributed by atoms with Gasteiger partial charge in [-0.05, 0) is 36.0 Å². The Morgan fingerprint density at radius 2 is 1.96 bits per heavy atom. The van der Waals surface area contributed by atoms with Crippen LogP contribution in [0.4, 0.5) is 5.82 Å². The summed E-state index contributed by atoms with van der Waals surface area (Å²) in [6, 6.07) is 11.6. The Morgan fingerprint density at radius 3 is 2.73 bits per heavy atom. The first kappa shape index (κ1) is 15.4. The maximum absolute atomic E-state index is 12.6. The van der Waals surface area contributed by atoms with E-state index in [1.54, 1.807) is 6.33 Å². The van der Waals surface area contributed by atoms with Crippen molar-refractivity contribution in [2.24, 2.45) is 17.8 Å². The molecule has 3 aromatic rings.